The van der Waals surface area contributed by atoms with Crippen molar-refractivity contribution in [1.82, 2.24) is 0 Å². The van der Waals surface area contributed by atoms with E-state index in [1.807, 2.05) is 6.08 Å². The van der Waals surface area contributed by atoms with Gasteiger partial charge in [0, 0.05) is 13.0 Å². The van der Waals surface area contributed by atoms with Gasteiger partial charge >= 0.3 is 5.97 Å². The van der Waals surface area contributed by atoms with Gasteiger partial charge in [0.2, 0.25) is 0 Å². The highest BCUT2D eigenvalue weighted by atomic mass is 16.4. The third kappa shape index (κ3) is 18.5. The topological polar surface area (TPSA) is 98.0 Å². The molecule has 2 atom stereocenters. The molecule has 0 aromatic carbocycles. The summed E-state index contributed by atoms with van der Waals surface area (Å²) in [6.07, 6.45) is 18.5. The molecule has 0 rings (SSSR count). The fraction of sp³-hybridized carbons (Fsp3) is 0.550. The average Bonchev–Trinajstić information content (AvgIpc) is 2.56. The number of carbonyl (C=O) groups is 1. The molecule has 0 bridgehead atoms. The van der Waals surface area contributed by atoms with Crippen molar-refractivity contribution in [3.8, 4) is 0 Å². The zero-order valence-corrected chi connectivity index (χ0v) is 14.8. The van der Waals surface area contributed by atoms with Gasteiger partial charge in [-0.15, -0.1) is 0 Å². The SMILES string of the molecule is O=C(O)CCC[C@H](O)/C=C/C=C\C=C\[C@@H](O)C/C=C\CCCCCO. The fourth-order valence-corrected chi connectivity index (χ4v) is 2.05. The molecule has 5 heteroatoms. The zero-order valence-electron chi connectivity index (χ0n) is 14.8. The molecule has 142 valence electrons. The Morgan fingerprint density at radius 3 is 2.16 bits per heavy atom. The molecule has 0 aromatic heterocycles. The molecule has 25 heavy (non-hydrogen) atoms. The Balaban J connectivity index is 3.79. The summed E-state index contributed by atoms with van der Waals surface area (Å²) in [6.45, 7) is 0.250. The fourth-order valence-electron chi connectivity index (χ4n) is 2.05. The Labute approximate surface area is 150 Å². The molecule has 0 aliphatic heterocycles. The molecule has 0 radical (unpaired) electrons. The summed E-state index contributed by atoms with van der Waals surface area (Å²) in [7, 11) is 0. The Hall–Kier alpha value is -1.69. The second-order valence-corrected chi connectivity index (χ2v) is 5.86. The lowest BCUT2D eigenvalue weighted by Crippen LogP contribution is -2.03. The first-order valence-electron chi connectivity index (χ1n) is 8.91. The van der Waals surface area contributed by atoms with Crippen LogP contribution in [0.5, 0.6) is 0 Å². The molecule has 4 N–H and O–H groups in total. The molecule has 0 unspecified atom stereocenters. The molecule has 0 spiro atoms. The van der Waals surface area contributed by atoms with Crippen LogP contribution in [0.15, 0.2) is 48.6 Å². The molecule has 0 amide bonds. The van der Waals surface area contributed by atoms with E-state index in [2.05, 4.69) is 6.08 Å². The molecule has 0 saturated carbocycles. The summed E-state index contributed by atoms with van der Waals surface area (Å²) >= 11 is 0. The highest BCUT2D eigenvalue weighted by Crippen LogP contribution is 2.03. The number of aliphatic carboxylic acids is 1. The van der Waals surface area contributed by atoms with Gasteiger partial charge in [0.25, 0.3) is 0 Å². The maximum atomic E-state index is 10.4. The van der Waals surface area contributed by atoms with Crippen molar-refractivity contribution in [2.75, 3.05) is 6.61 Å². The number of carboxylic acid groups (broad SMARTS) is 1. The smallest absolute Gasteiger partial charge is 0.303 e. The Bertz CT molecular complexity index is 437. The lowest BCUT2D eigenvalue weighted by Gasteiger charge is -2.02. The largest absolute Gasteiger partial charge is 0.481 e. The maximum Gasteiger partial charge on any atom is 0.303 e. The Kier molecular flexibility index (Phi) is 16.0. The number of aliphatic hydroxyl groups excluding tert-OH is 3. The van der Waals surface area contributed by atoms with Gasteiger partial charge in [-0.05, 0) is 38.5 Å². The molecule has 0 saturated heterocycles. The van der Waals surface area contributed by atoms with E-state index >= 15 is 0 Å². The van der Waals surface area contributed by atoms with Crippen molar-refractivity contribution < 1.29 is 25.2 Å². The average molecular weight is 352 g/mol. The van der Waals surface area contributed by atoms with Crippen molar-refractivity contribution >= 4 is 5.97 Å². The van der Waals surface area contributed by atoms with E-state index < -0.39 is 18.2 Å². The van der Waals surface area contributed by atoms with Gasteiger partial charge in [-0.2, -0.15) is 0 Å². The monoisotopic (exact) mass is 352 g/mol. The summed E-state index contributed by atoms with van der Waals surface area (Å²) < 4.78 is 0. The van der Waals surface area contributed by atoms with Gasteiger partial charge in [-0.1, -0.05) is 55.0 Å². The van der Waals surface area contributed by atoms with Crippen LogP contribution in [0, 0.1) is 0 Å². The van der Waals surface area contributed by atoms with E-state index in [1.165, 1.54) is 0 Å². The number of aliphatic hydroxyl groups is 3. The van der Waals surface area contributed by atoms with Crippen LogP contribution in [0.1, 0.15) is 51.4 Å². The van der Waals surface area contributed by atoms with E-state index in [4.69, 9.17) is 10.2 Å². The second kappa shape index (κ2) is 17.1. The first kappa shape index (κ1) is 23.3. The minimum Gasteiger partial charge on any atom is -0.481 e. The summed E-state index contributed by atoms with van der Waals surface area (Å²) in [6, 6.07) is 0. The predicted octanol–water partition coefficient (Wildman–Crippen LogP) is 3.13. The number of hydrogen-bond acceptors (Lipinski definition) is 4. The molecular weight excluding hydrogens is 320 g/mol. The first-order chi connectivity index (χ1) is 12.1. The highest BCUT2D eigenvalue weighted by molar-refractivity contribution is 5.66. The standard InChI is InChI=1S/C20H32O5/c21-17-10-6-2-1-3-7-12-18(22)13-8-4-5-9-14-19(23)15-11-16-20(24)25/h3-5,7-9,13-14,18-19,21-23H,1-2,6,10-12,15-17H2,(H,24,25)/b5-4-,7-3-,13-8+,14-9+/t18-,19+/m0/s1. The molecule has 0 heterocycles. The molecule has 0 fully saturated rings. The second-order valence-electron chi connectivity index (χ2n) is 5.86. The minimum absolute atomic E-state index is 0.0679. The Morgan fingerprint density at radius 2 is 1.52 bits per heavy atom. The van der Waals surface area contributed by atoms with Crippen molar-refractivity contribution in [3.05, 3.63) is 48.6 Å². The normalized spacial score (nSPS) is 15.0. The van der Waals surface area contributed by atoms with Crippen LogP contribution in [0.4, 0.5) is 0 Å². The zero-order chi connectivity index (χ0) is 18.8. The summed E-state index contributed by atoms with van der Waals surface area (Å²) in [5.74, 6) is -0.851. The van der Waals surface area contributed by atoms with Gasteiger partial charge < -0.3 is 20.4 Å². The van der Waals surface area contributed by atoms with Gasteiger partial charge in [0.1, 0.15) is 0 Å². The lowest BCUT2D eigenvalue weighted by molar-refractivity contribution is -0.137. The number of hydrogen-bond donors (Lipinski definition) is 4. The number of rotatable bonds is 15. The maximum absolute atomic E-state index is 10.4. The number of allylic oxidation sites excluding steroid dienone is 5. The van der Waals surface area contributed by atoms with Crippen molar-refractivity contribution in [3.63, 3.8) is 0 Å². The van der Waals surface area contributed by atoms with Gasteiger partial charge in [-0.3, -0.25) is 4.79 Å². The number of carboxylic acids is 1. The predicted molar refractivity (Wildman–Crippen MR) is 100 cm³/mol. The third-order valence-corrected chi connectivity index (χ3v) is 3.46. The van der Waals surface area contributed by atoms with E-state index in [0.717, 1.165) is 25.7 Å². The van der Waals surface area contributed by atoms with Crippen LogP contribution in [-0.2, 0) is 4.79 Å². The van der Waals surface area contributed by atoms with E-state index in [0.29, 0.717) is 19.3 Å². The summed E-state index contributed by atoms with van der Waals surface area (Å²) in [5, 5.41) is 36.5. The van der Waals surface area contributed by atoms with Crippen LogP contribution in [0.3, 0.4) is 0 Å². The first-order valence-corrected chi connectivity index (χ1v) is 8.91. The number of unbranched alkanes of at least 4 members (excludes halogenated alkanes) is 3. The third-order valence-electron chi connectivity index (χ3n) is 3.46. The van der Waals surface area contributed by atoms with Gasteiger partial charge in [-0.25, -0.2) is 0 Å². The molecular formula is C20H32O5. The minimum atomic E-state index is -0.851. The van der Waals surface area contributed by atoms with Gasteiger partial charge in [0.15, 0.2) is 0 Å². The van der Waals surface area contributed by atoms with Crippen molar-refractivity contribution in [1.29, 1.82) is 0 Å². The van der Waals surface area contributed by atoms with Crippen LogP contribution in [0.25, 0.3) is 0 Å². The van der Waals surface area contributed by atoms with E-state index in [-0.39, 0.29) is 13.0 Å². The molecule has 5 nitrogen and oxygen atoms in total. The van der Waals surface area contributed by atoms with Crippen molar-refractivity contribution in [2.24, 2.45) is 0 Å². The molecule has 0 aliphatic rings. The van der Waals surface area contributed by atoms with Gasteiger partial charge in [0.05, 0.1) is 12.2 Å². The molecule has 0 aliphatic carbocycles. The highest BCUT2D eigenvalue weighted by Gasteiger charge is 2.01. The molecule has 0 aromatic rings. The van der Waals surface area contributed by atoms with Crippen LogP contribution < -0.4 is 0 Å². The van der Waals surface area contributed by atoms with Crippen LogP contribution in [0.2, 0.25) is 0 Å². The quantitative estimate of drug-likeness (QED) is 0.206. The lowest BCUT2D eigenvalue weighted by atomic mass is 10.1. The Morgan fingerprint density at radius 1 is 0.840 bits per heavy atom. The van der Waals surface area contributed by atoms with Crippen LogP contribution >= 0.6 is 0 Å². The van der Waals surface area contributed by atoms with Crippen LogP contribution in [-0.4, -0.2) is 45.2 Å². The summed E-state index contributed by atoms with van der Waals surface area (Å²) in [4.78, 5) is 10.4. The van der Waals surface area contributed by atoms with E-state index in [1.54, 1.807) is 36.5 Å². The van der Waals surface area contributed by atoms with Crippen molar-refractivity contribution in [2.45, 2.75) is 63.6 Å². The van der Waals surface area contributed by atoms with E-state index in [9.17, 15) is 15.0 Å². The summed E-state index contributed by atoms with van der Waals surface area (Å²) in [5.41, 5.74) is 0.